The van der Waals surface area contributed by atoms with Gasteiger partial charge in [0.2, 0.25) is 5.91 Å². The van der Waals surface area contributed by atoms with E-state index in [0.29, 0.717) is 18.8 Å². The van der Waals surface area contributed by atoms with Crippen LogP contribution in [0.2, 0.25) is 0 Å². The zero-order chi connectivity index (χ0) is 14.4. The van der Waals surface area contributed by atoms with Crippen molar-refractivity contribution in [1.82, 2.24) is 5.32 Å². The van der Waals surface area contributed by atoms with E-state index in [1.165, 1.54) is 44.9 Å². The van der Waals surface area contributed by atoms with Crippen molar-refractivity contribution in [2.45, 2.75) is 57.8 Å². The van der Waals surface area contributed by atoms with Crippen LogP contribution in [0.15, 0.2) is 0 Å². The molecule has 1 heterocycles. The van der Waals surface area contributed by atoms with Crippen LogP contribution in [0, 0.1) is 11.8 Å². The summed E-state index contributed by atoms with van der Waals surface area (Å²) in [7, 11) is -2.87. The summed E-state index contributed by atoms with van der Waals surface area (Å²) in [6, 6.07) is 0. The maximum Gasteiger partial charge on any atom is 0.220 e. The Kier molecular flexibility index (Phi) is 5.87. The first-order valence-electron chi connectivity index (χ1n) is 8.02. The smallest absolute Gasteiger partial charge is 0.220 e. The lowest BCUT2D eigenvalue weighted by molar-refractivity contribution is -0.122. The second kappa shape index (κ2) is 7.43. The van der Waals surface area contributed by atoms with Gasteiger partial charge in [-0.1, -0.05) is 32.1 Å². The molecule has 2 aliphatic rings. The Balaban J connectivity index is 1.66. The van der Waals surface area contributed by atoms with Crippen molar-refractivity contribution < 1.29 is 13.2 Å². The molecule has 0 aromatic heterocycles. The highest BCUT2D eigenvalue weighted by Gasteiger charge is 2.29. The minimum Gasteiger partial charge on any atom is -0.356 e. The first-order chi connectivity index (χ1) is 9.55. The van der Waals surface area contributed by atoms with Gasteiger partial charge < -0.3 is 5.32 Å². The normalized spacial score (nSPS) is 27.7. The Morgan fingerprint density at radius 3 is 2.20 bits per heavy atom. The van der Waals surface area contributed by atoms with E-state index < -0.39 is 9.84 Å². The van der Waals surface area contributed by atoms with Crippen molar-refractivity contribution in [2.75, 3.05) is 18.1 Å². The van der Waals surface area contributed by atoms with Crippen molar-refractivity contribution in [1.29, 1.82) is 0 Å². The molecular formula is C15H27NO3S. The number of sulfone groups is 1. The zero-order valence-corrected chi connectivity index (χ0v) is 13.1. The molecule has 4 nitrogen and oxygen atoms in total. The number of hydrogen-bond donors (Lipinski definition) is 1. The van der Waals surface area contributed by atoms with E-state index in [2.05, 4.69) is 5.32 Å². The molecule has 1 aliphatic carbocycles. The third-order valence-electron chi connectivity index (χ3n) is 4.61. The van der Waals surface area contributed by atoms with E-state index in [1.54, 1.807) is 0 Å². The van der Waals surface area contributed by atoms with Gasteiger partial charge in [-0.25, -0.2) is 8.42 Å². The monoisotopic (exact) mass is 301 g/mol. The van der Waals surface area contributed by atoms with Crippen LogP contribution in [-0.2, 0) is 14.6 Å². The Bertz CT molecular complexity index is 411. The lowest BCUT2D eigenvalue weighted by atomic mass is 9.91. The molecule has 1 atom stereocenters. The molecule has 2 rings (SSSR count). The van der Waals surface area contributed by atoms with Crippen molar-refractivity contribution in [3.63, 3.8) is 0 Å². The highest BCUT2D eigenvalue weighted by atomic mass is 32.2. The quantitative estimate of drug-likeness (QED) is 0.866. The molecule has 1 aliphatic heterocycles. The van der Waals surface area contributed by atoms with Gasteiger partial charge >= 0.3 is 0 Å². The van der Waals surface area contributed by atoms with Crippen LogP contribution in [0.3, 0.4) is 0 Å². The highest BCUT2D eigenvalue weighted by Crippen LogP contribution is 2.23. The van der Waals surface area contributed by atoms with E-state index in [1.807, 2.05) is 0 Å². The number of carbonyl (C=O) groups excluding carboxylic acids is 1. The van der Waals surface area contributed by atoms with E-state index in [9.17, 15) is 13.2 Å². The fraction of sp³-hybridized carbons (Fsp3) is 0.933. The molecule has 5 heteroatoms. The van der Waals surface area contributed by atoms with Gasteiger partial charge in [-0.15, -0.1) is 0 Å². The van der Waals surface area contributed by atoms with Crippen molar-refractivity contribution >= 4 is 15.7 Å². The fourth-order valence-corrected chi connectivity index (χ4v) is 5.23. The minimum absolute atomic E-state index is 0.0363. The highest BCUT2D eigenvalue weighted by molar-refractivity contribution is 7.91. The molecule has 1 saturated carbocycles. The molecule has 0 spiro atoms. The summed E-state index contributed by atoms with van der Waals surface area (Å²) in [5, 5.41) is 3.02. The van der Waals surface area contributed by atoms with Gasteiger partial charge in [0.25, 0.3) is 0 Å². The first kappa shape index (κ1) is 15.8. The van der Waals surface area contributed by atoms with Crippen LogP contribution >= 0.6 is 0 Å². The predicted octanol–water partition coefficient (Wildman–Crippen LogP) is 2.29. The van der Waals surface area contributed by atoms with Crippen LogP contribution in [0.1, 0.15) is 57.8 Å². The zero-order valence-electron chi connectivity index (χ0n) is 12.3. The lowest BCUT2D eigenvalue weighted by Gasteiger charge is -2.20. The molecule has 116 valence electrons. The van der Waals surface area contributed by atoms with Gasteiger partial charge in [-0.05, 0) is 31.1 Å². The number of hydrogen-bond acceptors (Lipinski definition) is 3. The first-order valence-corrected chi connectivity index (χ1v) is 9.84. The van der Waals surface area contributed by atoms with Crippen molar-refractivity contribution in [3.8, 4) is 0 Å². The van der Waals surface area contributed by atoms with Gasteiger partial charge in [0.05, 0.1) is 11.5 Å². The fourth-order valence-electron chi connectivity index (χ4n) is 3.37. The maximum absolute atomic E-state index is 11.9. The summed E-state index contributed by atoms with van der Waals surface area (Å²) in [6.45, 7) is 0.776. The summed E-state index contributed by atoms with van der Waals surface area (Å²) < 4.78 is 22.7. The molecule has 2 fully saturated rings. The molecule has 20 heavy (non-hydrogen) atoms. The molecule has 0 unspecified atom stereocenters. The third-order valence-corrected chi connectivity index (χ3v) is 6.45. The molecular weight excluding hydrogens is 274 g/mol. The van der Waals surface area contributed by atoms with Gasteiger partial charge in [-0.2, -0.15) is 0 Å². The third kappa shape index (κ3) is 5.43. The summed E-state index contributed by atoms with van der Waals surface area (Å²) in [6.07, 6.45) is 10.0. The standard InChI is InChI=1S/C15H27NO3S/c17-15(10-14-8-9-20(18,19)12-14)16-11-13-6-4-2-1-3-5-7-13/h13-14H,1-12H2,(H,16,17)/t14-/m1/s1. The Morgan fingerprint density at radius 2 is 1.60 bits per heavy atom. The summed E-state index contributed by atoms with van der Waals surface area (Å²) in [5.41, 5.74) is 0. The second-order valence-electron chi connectivity index (χ2n) is 6.49. The summed E-state index contributed by atoms with van der Waals surface area (Å²) in [4.78, 5) is 11.9. The van der Waals surface area contributed by atoms with Crippen LogP contribution in [0.5, 0.6) is 0 Å². The summed E-state index contributed by atoms with van der Waals surface area (Å²) in [5.74, 6) is 1.15. The average Bonchev–Trinajstić information content (AvgIpc) is 2.67. The van der Waals surface area contributed by atoms with Crippen LogP contribution in [0.4, 0.5) is 0 Å². The van der Waals surface area contributed by atoms with Crippen LogP contribution < -0.4 is 5.32 Å². The van der Waals surface area contributed by atoms with Crippen molar-refractivity contribution in [3.05, 3.63) is 0 Å². The van der Waals surface area contributed by atoms with Crippen molar-refractivity contribution in [2.24, 2.45) is 11.8 Å². The Morgan fingerprint density at radius 1 is 0.950 bits per heavy atom. The minimum atomic E-state index is -2.87. The van der Waals surface area contributed by atoms with Gasteiger partial charge in [0.15, 0.2) is 9.84 Å². The molecule has 1 amide bonds. The maximum atomic E-state index is 11.9. The topological polar surface area (TPSA) is 63.2 Å². The van der Waals surface area contributed by atoms with Gasteiger partial charge in [0, 0.05) is 13.0 Å². The second-order valence-corrected chi connectivity index (χ2v) is 8.72. The van der Waals surface area contributed by atoms with Crippen LogP contribution in [-0.4, -0.2) is 32.4 Å². The number of rotatable bonds is 4. The number of amides is 1. The largest absolute Gasteiger partial charge is 0.356 e. The predicted molar refractivity (Wildman–Crippen MR) is 80.2 cm³/mol. The van der Waals surface area contributed by atoms with Gasteiger partial charge in [-0.3, -0.25) is 4.79 Å². The lowest BCUT2D eigenvalue weighted by Crippen LogP contribution is -2.31. The molecule has 0 aromatic rings. The number of nitrogens with one attached hydrogen (secondary N) is 1. The van der Waals surface area contributed by atoms with E-state index in [-0.39, 0.29) is 23.3 Å². The SMILES string of the molecule is O=C(C[C@H]1CCS(=O)(=O)C1)NCC1CCCCCCC1. The van der Waals surface area contributed by atoms with E-state index in [4.69, 9.17) is 0 Å². The van der Waals surface area contributed by atoms with E-state index in [0.717, 1.165) is 6.54 Å². The molecule has 1 saturated heterocycles. The molecule has 0 radical (unpaired) electrons. The summed E-state index contributed by atoms with van der Waals surface area (Å²) >= 11 is 0. The van der Waals surface area contributed by atoms with E-state index >= 15 is 0 Å². The average molecular weight is 301 g/mol. The molecule has 0 bridgehead atoms. The van der Waals surface area contributed by atoms with Gasteiger partial charge in [0.1, 0.15) is 0 Å². The molecule has 1 N–H and O–H groups in total. The Labute approximate surface area is 122 Å². The Hall–Kier alpha value is -0.580. The van der Waals surface area contributed by atoms with Crippen LogP contribution in [0.25, 0.3) is 0 Å². The number of carbonyl (C=O) groups is 1. The molecule has 0 aromatic carbocycles.